The highest BCUT2D eigenvalue weighted by Crippen LogP contribution is 2.22. The number of rotatable bonds is 2. The van der Waals surface area contributed by atoms with Gasteiger partial charge in [0.15, 0.2) is 0 Å². The Balaban J connectivity index is 2.69. The van der Waals surface area contributed by atoms with Gasteiger partial charge >= 0.3 is 5.69 Å². The van der Waals surface area contributed by atoms with Crippen LogP contribution in [0.4, 0.5) is 0 Å². The second-order valence-corrected chi connectivity index (χ2v) is 5.54. The quantitative estimate of drug-likeness (QED) is 0.769. The minimum absolute atomic E-state index is 0.0856. The first-order valence-corrected chi connectivity index (χ1v) is 6.76. The smallest absolute Gasteiger partial charge is 0.303 e. The van der Waals surface area contributed by atoms with E-state index in [1.807, 2.05) is 0 Å². The van der Waals surface area contributed by atoms with Crippen molar-refractivity contribution in [2.24, 2.45) is 14.1 Å². The van der Waals surface area contributed by atoms with Crippen LogP contribution in [0, 0.1) is 0 Å². The molecule has 0 aliphatic carbocycles. The molecule has 0 amide bonds. The molecule has 20 heavy (non-hydrogen) atoms. The number of nitrogens with zero attached hydrogens (tertiary/aromatic N) is 2. The lowest BCUT2D eigenvalue weighted by atomic mass is 10.1. The van der Waals surface area contributed by atoms with E-state index in [0.717, 1.165) is 4.57 Å². The summed E-state index contributed by atoms with van der Waals surface area (Å²) in [5.74, 6) is -0.490. The van der Waals surface area contributed by atoms with Gasteiger partial charge in [0.05, 0.1) is 0 Å². The fourth-order valence-corrected chi connectivity index (χ4v) is 2.38. The molecule has 0 fully saturated rings. The molecular weight excluding hydrogens is 348 g/mol. The van der Waals surface area contributed by atoms with Gasteiger partial charge in [-0.1, -0.05) is 27.5 Å². The second-order valence-electron chi connectivity index (χ2n) is 4.25. The van der Waals surface area contributed by atoms with Crippen molar-refractivity contribution >= 4 is 33.3 Å². The standard InChI is InChI=1S/C13H10BrClN2O3/c1-16-6-9(12(19)17(2)13(16)20)11(18)8-5-7(15)3-4-10(8)14/h3-6H,1-2H3. The van der Waals surface area contributed by atoms with Crippen LogP contribution in [0.2, 0.25) is 5.02 Å². The van der Waals surface area contributed by atoms with Gasteiger partial charge in [0.1, 0.15) is 5.56 Å². The van der Waals surface area contributed by atoms with Crippen molar-refractivity contribution in [2.45, 2.75) is 0 Å². The zero-order valence-corrected chi connectivity index (χ0v) is 13.0. The van der Waals surface area contributed by atoms with E-state index in [-0.39, 0.29) is 11.1 Å². The van der Waals surface area contributed by atoms with Crippen LogP contribution in [-0.2, 0) is 14.1 Å². The molecule has 0 radical (unpaired) electrons. The summed E-state index contributed by atoms with van der Waals surface area (Å²) in [6.07, 6.45) is 1.24. The summed E-state index contributed by atoms with van der Waals surface area (Å²) in [7, 11) is 2.81. The topological polar surface area (TPSA) is 61.1 Å². The molecule has 0 aliphatic heterocycles. The van der Waals surface area contributed by atoms with Crippen LogP contribution in [-0.4, -0.2) is 14.9 Å². The van der Waals surface area contributed by atoms with Crippen molar-refractivity contribution in [3.05, 3.63) is 65.9 Å². The van der Waals surface area contributed by atoms with Crippen LogP contribution in [0.25, 0.3) is 0 Å². The van der Waals surface area contributed by atoms with Crippen LogP contribution >= 0.6 is 27.5 Å². The van der Waals surface area contributed by atoms with Gasteiger partial charge in [-0.2, -0.15) is 0 Å². The molecular formula is C13H10BrClN2O3. The maximum absolute atomic E-state index is 12.4. The minimum Gasteiger partial charge on any atom is -0.303 e. The third-order valence-electron chi connectivity index (χ3n) is 2.86. The molecule has 0 atom stereocenters. The third-order valence-corrected chi connectivity index (χ3v) is 3.79. The number of hydrogen-bond donors (Lipinski definition) is 0. The molecule has 0 N–H and O–H groups in total. The molecule has 1 aromatic heterocycles. The summed E-state index contributed by atoms with van der Waals surface area (Å²) < 4.78 is 2.61. The molecule has 104 valence electrons. The van der Waals surface area contributed by atoms with Gasteiger partial charge in [0.25, 0.3) is 5.56 Å². The molecule has 1 heterocycles. The number of aryl methyl sites for hydroxylation is 1. The van der Waals surface area contributed by atoms with Gasteiger partial charge in [-0.05, 0) is 18.2 Å². The van der Waals surface area contributed by atoms with Crippen molar-refractivity contribution in [3.63, 3.8) is 0 Å². The molecule has 0 saturated carbocycles. The van der Waals surface area contributed by atoms with Crippen LogP contribution in [0.5, 0.6) is 0 Å². The van der Waals surface area contributed by atoms with Crippen LogP contribution in [0.3, 0.4) is 0 Å². The maximum Gasteiger partial charge on any atom is 0.330 e. The van der Waals surface area contributed by atoms with Gasteiger partial charge in [-0.25, -0.2) is 4.79 Å². The summed E-state index contributed by atoms with van der Waals surface area (Å²) >= 11 is 9.11. The Labute approximate surface area is 127 Å². The van der Waals surface area contributed by atoms with Crippen LogP contribution < -0.4 is 11.2 Å². The average Bonchev–Trinajstić information content (AvgIpc) is 2.42. The Morgan fingerprint density at radius 2 is 1.85 bits per heavy atom. The highest BCUT2D eigenvalue weighted by Gasteiger charge is 2.19. The van der Waals surface area contributed by atoms with Crippen LogP contribution in [0.15, 0.2) is 38.5 Å². The van der Waals surface area contributed by atoms with E-state index in [9.17, 15) is 14.4 Å². The Kier molecular flexibility index (Phi) is 3.96. The first-order valence-electron chi connectivity index (χ1n) is 5.59. The highest BCUT2D eigenvalue weighted by atomic mass is 79.9. The summed E-state index contributed by atoms with van der Waals surface area (Å²) in [4.78, 5) is 36.1. The number of halogens is 2. The van der Waals surface area contributed by atoms with E-state index >= 15 is 0 Å². The number of carbonyl (C=O) groups is 1. The number of ketones is 1. The van der Waals surface area contributed by atoms with Gasteiger partial charge < -0.3 is 4.57 Å². The molecule has 7 heteroatoms. The van der Waals surface area contributed by atoms with E-state index in [0.29, 0.717) is 9.50 Å². The van der Waals surface area contributed by atoms with E-state index < -0.39 is 17.0 Å². The summed E-state index contributed by atoms with van der Waals surface area (Å²) in [5.41, 5.74) is -0.937. The third kappa shape index (κ3) is 2.48. The van der Waals surface area contributed by atoms with E-state index in [1.54, 1.807) is 12.1 Å². The van der Waals surface area contributed by atoms with Gasteiger partial charge in [-0.15, -0.1) is 0 Å². The molecule has 0 unspecified atom stereocenters. The lowest BCUT2D eigenvalue weighted by Gasteiger charge is -2.07. The van der Waals surface area contributed by atoms with Gasteiger partial charge in [-0.3, -0.25) is 14.2 Å². The van der Waals surface area contributed by atoms with Gasteiger partial charge in [0, 0.05) is 35.4 Å². The lowest BCUT2D eigenvalue weighted by Crippen LogP contribution is -2.39. The minimum atomic E-state index is -0.634. The normalized spacial score (nSPS) is 10.6. The lowest BCUT2D eigenvalue weighted by molar-refractivity contribution is 0.103. The molecule has 0 saturated heterocycles. The number of aromatic nitrogens is 2. The summed E-state index contributed by atoms with van der Waals surface area (Å²) in [6, 6.07) is 4.72. The Morgan fingerprint density at radius 3 is 2.50 bits per heavy atom. The molecule has 0 aliphatic rings. The monoisotopic (exact) mass is 356 g/mol. The van der Waals surface area contributed by atoms with Crippen molar-refractivity contribution in [1.29, 1.82) is 0 Å². The maximum atomic E-state index is 12.4. The SMILES string of the molecule is Cn1cc(C(=O)c2cc(Cl)ccc2Br)c(=O)n(C)c1=O. The first-order chi connectivity index (χ1) is 9.32. The average molecular weight is 358 g/mol. The number of benzene rings is 1. The Bertz CT molecular complexity index is 823. The molecule has 0 bridgehead atoms. The zero-order valence-electron chi connectivity index (χ0n) is 10.7. The van der Waals surface area contributed by atoms with Crippen molar-refractivity contribution in [2.75, 3.05) is 0 Å². The Hall–Kier alpha value is -1.66. The second kappa shape index (κ2) is 5.38. The highest BCUT2D eigenvalue weighted by molar-refractivity contribution is 9.10. The van der Waals surface area contributed by atoms with Crippen molar-refractivity contribution in [3.8, 4) is 0 Å². The molecule has 0 spiro atoms. The van der Waals surface area contributed by atoms with E-state index in [4.69, 9.17) is 11.6 Å². The molecule has 1 aromatic carbocycles. The van der Waals surface area contributed by atoms with E-state index in [1.165, 1.54) is 30.9 Å². The van der Waals surface area contributed by atoms with E-state index in [2.05, 4.69) is 15.9 Å². The van der Waals surface area contributed by atoms with Crippen molar-refractivity contribution in [1.82, 2.24) is 9.13 Å². The predicted octanol–water partition coefficient (Wildman–Crippen LogP) is 1.73. The number of hydrogen-bond acceptors (Lipinski definition) is 3. The largest absolute Gasteiger partial charge is 0.330 e. The number of carbonyl (C=O) groups excluding carboxylic acids is 1. The summed E-state index contributed by atoms with van der Waals surface area (Å²) in [5, 5.41) is 0.387. The van der Waals surface area contributed by atoms with Crippen LogP contribution in [0.1, 0.15) is 15.9 Å². The molecule has 2 rings (SSSR count). The first kappa shape index (κ1) is 14.7. The molecule has 5 nitrogen and oxygen atoms in total. The fraction of sp³-hybridized carbons (Fsp3) is 0.154. The zero-order chi connectivity index (χ0) is 15.0. The molecule has 2 aromatic rings. The fourth-order valence-electron chi connectivity index (χ4n) is 1.78. The predicted molar refractivity (Wildman–Crippen MR) is 79.5 cm³/mol. The Morgan fingerprint density at radius 1 is 1.20 bits per heavy atom. The van der Waals surface area contributed by atoms with Gasteiger partial charge in [0.2, 0.25) is 5.78 Å². The van der Waals surface area contributed by atoms with Crippen molar-refractivity contribution < 1.29 is 4.79 Å². The summed E-state index contributed by atoms with van der Waals surface area (Å²) in [6.45, 7) is 0.